The molecule has 0 atom stereocenters. The molecular formula is C13H14OS. The molecular weight excluding hydrogens is 204 g/mol. The lowest BCUT2D eigenvalue weighted by Gasteiger charge is -2.13. The molecule has 0 amide bonds. The normalized spacial score (nSPS) is 11.7. The van der Waals surface area contributed by atoms with Crippen molar-refractivity contribution in [2.24, 2.45) is 0 Å². The second-order valence-electron chi connectivity index (χ2n) is 4.09. The van der Waals surface area contributed by atoms with Gasteiger partial charge in [-0.05, 0) is 31.5 Å². The van der Waals surface area contributed by atoms with Crippen molar-refractivity contribution in [1.29, 1.82) is 0 Å². The van der Waals surface area contributed by atoms with Crippen LogP contribution in [0.25, 0.3) is 10.4 Å². The van der Waals surface area contributed by atoms with E-state index in [1.807, 2.05) is 38.1 Å². The van der Waals surface area contributed by atoms with Crippen LogP contribution in [0.2, 0.25) is 0 Å². The van der Waals surface area contributed by atoms with E-state index in [9.17, 15) is 5.11 Å². The third kappa shape index (κ3) is 2.28. The van der Waals surface area contributed by atoms with E-state index in [4.69, 9.17) is 0 Å². The standard InChI is InChI=1S/C13H14OS/c1-13(2,14)12-9-8-11(15-12)10-6-4-3-5-7-10/h3-9,14H,1-2H3. The third-order valence-electron chi connectivity index (χ3n) is 2.27. The van der Waals surface area contributed by atoms with Gasteiger partial charge in [0.2, 0.25) is 0 Å². The first kappa shape index (κ1) is 10.4. The Morgan fingerprint density at radius 2 is 1.67 bits per heavy atom. The van der Waals surface area contributed by atoms with Gasteiger partial charge < -0.3 is 5.11 Å². The molecule has 2 heteroatoms. The minimum absolute atomic E-state index is 0.738. The lowest BCUT2D eigenvalue weighted by atomic mass is 10.1. The first-order valence-electron chi connectivity index (χ1n) is 4.95. The molecule has 0 fully saturated rings. The molecule has 78 valence electrons. The van der Waals surface area contributed by atoms with Crippen LogP contribution in [0.4, 0.5) is 0 Å². The van der Waals surface area contributed by atoms with Gasteiger partial charge in [0, 0.05) is 9.75 Å². The minimum Gasteiger partial charge on any atom is -0.385 e. The van der Waals surface area contributed by atoms with Gasteiger partial charge in [0.1, 0.15) is 0 Å². The summed E-state index contributed by atoms with van der Waals surface area (Å²) < 4.78 is 0. The molecule has 0 radical (unpaired) electrons. The highest BCUT2D eigenvalue weighted by Crippen LogP contribution is 2.33. The average molecular weight is 218 g/mol. The number of aliphatic hydroxyl groups is 1. The predicted octanol–water partition coefficient (Wildman–Crippen LogP) is 3.64. The van der Waals surface area contributed by atoms with Crippen LogP contribution in [0.3, 0.4) is 0 Å². The van der Waals surface area contributed by atoms with Crippen molar-refractivity contribution in [3.63, 3.8) is 0 Å². The Morgan fingerprint density at radius 1 is 1.00 bits per heavy atom. The Hall–Kier alpha value is -1.12. The molecule has 0 saturated carbocycles. The van der Waals surface area contributed by atoms with Crippen LogP contribution in [0, 0.1) is 0 Å². The molecule has 1 heterocycles. The molecule has 1 nitrogen and oxygen atoms in total. The number of hydrogen-bond acceptors (Lipinski definition) is 2. The molecule has 0 unspecified atom stereocenters. The van der Waals surface area contributed by atoms with Crippen molar-refractivity contribution in [1.82, 2.24) is 0 Å². The monoisotopic (exact) mass is 218 g/mol. The quantitative estimate of drug-likeness (QED) is 0.816. The van der Waals surface area contributed by atoms with E-state index in [2.05, 4.69) is 18.2 Å². The summed E-state index contributed by atoms with van der Waals surface area (Å²) in [6, 6.07) is 14.3. The van der Waals surface area contributed by atoms with Gasteiger partial charge in [0.15, 0.2) is 0 Å². The molecule has 0 aliphatic carbocycles. The first-order valence-corrected chi connectivity index (χ1v) is 5.77. The van der Waals surface area contributed by atoms with Gasteiger partial charge >= 0.3 is 0 Å². The Labute approximate surface area is 94.0 Å². The Bertz CT molecular complexity index is 437. The van der Waals surface area contributed by atoms with Crippen LogP contribution in [0.1, 0.15) is 18.7 Å². The maximum absolute atomic E-state index is 9.86. The zero-order valence-corrected chi connectivity index (χ0v) is 9.71. The van der Waals surface area contributed by atoms with Crippen LogP contribution in [0.5, 0.6) is 0 Å². The van der Waals surface area contributed by atoms with Crippen molar-refractivity contribution in [3.05, 3.63) is 47.3 Å². The molecule has 15 heavy (non-hydrogen) atoms. The van der Waals surface area contributed by atoms with Crippen LogP contribution in [0.15, 0.2) is 42.5 Å². The maximum atomic E-state index is 9.86. The van der Waals surface area contributed by atoms with E-state index in [0.29, 0.717) is 0 Å². The van der Waals surface area contributed by atoms with Gasteiger partial charge in [-0.1, -0.05) is 30.3 Å². The van der Waals surface area contributed by atoms with Gasteiger partial charge in [0.05, 0.1) is 5.60 Å². The summed E-state index contributed by atoms with van der Waals surface area (Å²) in [6.45, 7) is 3.63. The van der Waals surface area contributed by atoms with Crippen molar-refractivity contribution < 1.29 is 5.11 Å². The second kappa shape index (κ2) is 3.80. The number of thiophene rings is 1. The van der Waals surface area contributed by atoms with E-state index in [-0.39, 0.29) is 0 Å². The summed E-state index contributed by atoms with van der Waals surface area (Å²) in [5, 5.41) is 9.86. The van der Waals surface area contributed by atoms with Gasteiger partial charge in [0.25, 0.3) is 0 Å². The maximum Gasteiger partial charge on any atom is 0.0932 e. The fraction of sp³-hybridized carbons (Fsp3) is 0.231. The summed E-state index contributed by atoms with van der Waals surface area (Å²) in [5.74, 6) is 0. The van der Waals surface area contributed by atoms with Crippen molar-refractivity contribution >= 4 is 11.3 Å². The minimum atomic E-state index is -0.738. The zero-order valence-electron chi connectivity index (χ0n) is 8.90. The van der Waals surface area contributed by atoms with Crippen molar-refractivity contribution in [3.8, 4) is 10.4 Å². The first-order chi connectivity index (χ1) is 7.07. The van der Waals surface area contributed by atoms with Crippen molar-refractivity contribution in [2.45, 2.75) is 19.4 Å². The Morgan fingerprint density at radius 3 is 2.20 bits per heavy atom. The summed E-state index contributed by atoms with van der Waals surface area (Å²) in [5.41, 5.74) is 0.468. The number of benzene rings is 1. The lowest BCUT2D eigenvalue weighted by Crippen LogP contribution is -2.12. The highest BCUT2D eigenvalue weighted by atomic mass is 32.1. The topological polar surface area (TPSA) is 20.2 Å². The third-order valence-corrected chi connectivity index (χ3v) is 3.71. The molecule has 1 aromatic carbocycles. The van der Waals surface area contributed by atoms with E-state index >= 15 is 0 Å². The van der Waals surface area contributed by atoms with Gasteiger partial charge in [-0.15, -0.1) is 11.3 Å². The van der Waals surface area contributed by atoms with Gasteiger partial charge in [-0.2, -0.15) is 0 Å². The van der Waals surface area contributed by atoms with E-state index < -0.39 is 5.60 Å². The molecule has 1 aromatic heterocycles. The van der Waals surface area contributed by atoms with Crippen molar-refractivity contribution in [2.75, 3.05) is 0 Å². The molecule has 0 saturated heterocycles. The number of rotatable bonds is 2. The summed E-state index contributed by atoms with van der Waals surface area (Å²) in [7, 11) is 0. The number of hydrogen-bond donors (Lipinski definition) is 1. The molecule has 1 N–H and O–H groups in total. The Kier molecular flexibility index (Phi) is 2.63. The molecule has 0 aliphatic heterocycles. The van der Waals surface area contributed by atoms with Crippen LogP contribution in [-0.2, 0) is 5.60 Å². The molecule has 2 aromatic rings. The summed E-state index contributed by atoms with van der Waals surface area (Å²) in [4.78, 5) is 2.20. The summed E-state index contributed by atoms with van der Waals surface area (Å²) >= 11 is 1.64. The fourth-order valence-corrected chi connectivity index (χ4v) is 2.44. The van der Waals surface area contributed by atoms with Crippen LogP contribution >= 0.6 is 11.3 Å². The molecule has 2 rings (SSSR count). The molecule has 0 bridgehead atoms. The van der Waals surface area contributed by atoms with E-state index in [0.717, 1.165) is 4.88 Å². The average Bonchev–Trinajstić information content (AvgIpc) is 2.67. The Balaban J connectivity index is 2.37. The largest absolute Gasteiger partial charge is 0.385 e. The van der Waals surface area contributed by atoms with Crippen LogP contribution < -0.4 is 0 Å². The lowest BCUT2D eigenvalue weighted by molar-refractivity contribution is 0.0826. The SMILES string of the molecule is CC(C)(O)c1ccc(-c2ccccc2)s1. The molecule has 0 aliphatic rings. The fourth-order valence-electron chi connectivity index (χ4n) is 1.42. The zero-order chi connectivity index (χ0) is 10.9. The highest BCUT2D eigenvalue weighted by Gasteiger charge is 2.18. The predicted molar refractivity (Wildman–Crippen MR) is 65.0 cm³/mol. The smallest absolute Gasteiger partial charge is 0.0932 e. The van der Waals surface area contributed by atoms with E-state index in [1.165, 1.54) is 10.4 Å². The highest BCUT2D eigenvalue weighted by molar-refractivity contribution is 7.15. The van der Waals surface area contributed by atoms with Crippen LogP contribution in [-0.4, -0.2) is 5.11 Å². The van der Waals surface area contributed by atoms with E-state index in [1.54, 1.807) is 11.3 Å². The summed E-state index contributed by atoms with van der Waals surface area (Å²) in [6.07, 6.45) is 0. The van der Waals surface area contributed by atoms with Gasteiger partial charge in [-0.25, -0.2) is 0 Å². The molecule has 0 spiro atoms. The van der Waals surface area contributed by atoms with Gasteiger partial charge in [-0.3, -0.25) is 0 Å². The second-order valence-corrected chi connectivity index (χ2v) is 5.17.